The van der Waals surface area contributed by atoms with Crippen LogP contribution in [0.15, 0.2) is 60.9 Å². The minimum absolute atomic E-state index is 0.0227. The molecular weight excluding hydrogens is 735 g/mol. The number of anilines is 3. The van der Waals surface area contributed by atoms with Gasteiger partial charge in [-0.05, 0) is 74.6 Å². The minimum Gasteiger partial charge on any atom is -0.467 e. The van der Waals surface area contributed by atoms with Gasteiger partial charge in [0.1, 0.15) is 11.9 Å². The summed E-state index contributed by atoms with van der Waals surface area (Å²) in [7, 11) is 1.15. The Hall–Kier alpha value is -5.78. The number of Topliss-reactive ketones (excluding diaryl/α,β-unsaturated/α-hetero) is 1. The third-order valence-corrected chi connectivity index (χ3v) is 8.62. The molecule has 5 rings (SSSR count). The van der Waals surface area contributed by atoms with E-state index in [1.807, 2.05) is 23.6 Å². The highest BCUT2D eigenvalue weighted by atomic mass is 35.5. The van der Waals surface area contributed by atoms with Gasteiger partial charge in [-0.25, -0.2) is 9.78 Å². The van der Waals surface area contributed by atoms with E-state index in [0.717, 1.165) is 18.5 Å². The molecule has 54 heavy (non-hydrogen) atoms. The largest absolute Gasteiger partial charge is 0.467 e. The van der Waals surface area contributed by atoms with Gasteiger partial charge in [0, 0.05) is 48.2 Å². The van der Waals surface area contributed by atoms with E-state index in [2.05, 4.69) is 41.2 Å². The van der Waals surface area contributed by atoms with E-state index in [0.29, 0.717) is 36.5 Å². The summed E-state index contributed by atoms with van der Waals surface area (Å²) in [4.78, 5) is 66.5. The van der Waals surface area contributed by atoms with Gasteiger partial charge in [-0.1, -0.05) is 23.7 Å². The molecule has 19 heteroatoms. The molecule has 1 aliphatic rings. The van der Waals surface area contributed by atoms with Crippen LogP contribution in [-0.4, -0.2) is 80.5 Å². The van der Waals surface area contributed by atoms with Gasteiger partial charge in [0.2, 0.25) is 17.7 Å². The summed E-state index contributed by atoms with van der Waals surface area (Å²) in [5.74, 6) is -2.17. The Bertz CT molecular complexity index is 1950. The molecule has 2 heterocycles. The molecule has 1 saturated carbocycles. The average molecular weight is 772 g/mol. The monoisotopic (exact) mass is 771 g/mol. The normalized spacial score (nSPS) is 13.7. The second-order valence-electron chi connectivity index (χ2n) is 12.4. The van der Waals surface area contributed by atoms with Crippen LogP contribution in [0, 0.1) is 6.92 Å². The van der Waals surface area contributed by atoms with Gasteiger partial charge in [0.25, 0.3) is 11.8 Å². The first-order chi connectivity index (χ1) is 25.7. The zero-order valence-corrected chi connectivity index (χ0v) is 30.0. The van der Waals surface area contributed by atoms with Gasteiger partial charge in [0.05, 0.1) is 12.6 Å². The lowest BCUT2D eigenvalue weighted by Gasteiger charge is -2.19. The number of amides is 2. The van der Waals surface area contributed by atoms with E-state index in [1.165, 1.54) is 24.3 Å². The summed E-state index contributed by atoms with van der Waals surface area (Å²) < 4.78 is 50.3. The summed E-state index contributed by atoms with van der Waals surface area (Å²) in [6.45, 7) is 0.653. The number of nitrogens with zero attached hydrogens (tertiary/aromatic N) is 5. The summed E-state index contributed by atoms with van der Waals surface area (Å²) >= 11 is 6.03. The number of esters is 1. The fourth-order valence-electron chi connectivity index (χ4n) is 5.33. The maximum absolute atomic E-state index is 13.1. The van der Waals surface area contributed by atoms with Gasteiger partial charge in [-0.3, -0.25) is 14.4 Å². The fourth-order valence-corrected chi connectivity index (χ4v) is 5.46. The smallest absolute Gasteiger partial charge is 0.422 e. The number of imidazole rings is 1. The zero-order chi connectivity index (χ0) is 38.9. The van der Waals surface area contributed by atoms with Crippen LogP contribution >= 0.6 is 11.6 Å². The zero-order valence-electron chi connectivity index (χ0n) is 29.2. The fraction of sp³-hybridized carbons (Fsp3) is 0.371. The van der Waals surface area contributed by atoms with E-state index in [1.54, 1.807) is 24.5 Å². The highest BCUT2D eigenvalue weighted by Gasteiger charge is 2.45. The number of halogens is 4. The Morgan fingerprint density at radius 1 is 1.00 bits per heavy atom. The van der Waals surface area contributed by atoms with Crippen molar-refractivity contribution in [3.05, 3.63) is 82.9 Å². The minimum atomic E-state index is -4.63. The lowest BCUT2D eigenvalue weighted by Crippen LogP contribution is -2.44. The molecule has 0 unspecified atom stereocenters. The molecule has 0 spiro atoms. The molecule has 4 aromatic rings. The Morgan fingerprint density at radius 2 is 1.70 bits per heavy atom. The molecule has 15 nitrogen and oxygen atoms in total. The first kappa shape index (κ1) is 39.4. The second-order valence-corrected chi connectivity index (χ2v) is 12.8. The van der Waals surface area contributed by atoms with Crippen LogP contribution in [0.1, 0.15) is 53.8 Å². The van der Waals surface area contributed by atoms with Crippen LogP contribution < -0.4 is 26.0 Å². The highest BCUT2D eigenvalue weighted by molar-refractivity contribution is 6.36. The highest BCUT2D eigenvalue weighted by Crippen LogP contribution is 2.48. The number of aromatic nitrogens is 5. The number of hydrogen-bond donors (Lipinski definition) is 4. The molecular formula is C35H37ClF3N9O6. The SMILES string of the molecule is COC(=O)[C@H](CCNC(=O)C(=O)CCCn1ccnc1C)NC(=O)c1ccc(Nc2nc(NC3(c4ccc(Cl)cc4)CC3)nc(OCC(F)(F)F)n2)cc1. The van der Waals surface area contributed by atoms with Gasteiger partial charge in [-0.15, -0.1) is 0 Å². The summed E-state index contributed by atoms with van der Waals surface area (Å²) in [6, 6.07) is 11.3. The molecule has 2 amide bonds. The first-order valence-electron chi connectivity index (χ1n) is 16.8. The summed E-state index contributed by atoms with van der Waals surface area (Å²) in [5.41, 5.74) is 0.853. The van der Waals surface area contributed by atoms with Gasteiger partial charge < -0.3 is 35.3 Å². The topological polar surface area (TPSA) is 191 Å². The molecule has 4 N–H and O–H groups in total. The molecule has 0 bridgehead atoms. The molecule has 0 radical (unpaired) electrons. The second kappa shape index (κ2) is 17.4. The van der Waals surface area contributed by atoms with Crippen LogP contribution in [0.3, 0.4) is 0 Å². The lowest BCUT2D eigenvalue weighted by molar-refractivity contribution is -0.154. The van der Waals surface area contributed by atoms with Crippen molar-refractivity contribution in [1.29, 1.82) is 0 Å². The number of benzene rings is 2. The quantitative estimate of drug-likeness (QED) is 0.0811. The number of ketones is 1. The first-order valence-corrected chi connectivity index (χ1v) is 17.2. The number of aryl methyl sites for hydroxylation is 2. The Kier molecular flexibility index (Phi) is 12.7. The third kappa shape index (κ3) is 11.1. The van der Waals surface area contributed by atoms with Crippen molar-refractivity contribution in [2.75, 3.05) is 30.9 Å². The van der Waals surface area contributed by atoms with Crippen LogP contribution in [-0.2, 0) is 31.2 Å². The van der Waals surface area contributed by atoms with Crippen molar-refractivity contribution in [3.63, 3.8) is 0 Å². The number of ether oxygens (including phenoxy) is 2. The predicted molar refractivity (Wildman–Crippen MR) is 189 cm³/mol. The number of hydrogen-bond acceptors (Lipinski definition) is 12. The summed E-state index contributed by atoms with van der Waals surface area (Å²) in [6.07, 6.45) is 0.628. The van der Waals surface area contributed by atoms with Gasteiger partial charge in [0.15, 0.2) is 6.61 Å². The molecule has 2 aromatic carbocycles. The molecule has 0 aliphatic heterocycles. The van der Waals surface area contributed by atoms with Crippen LogP contribution in [0.5, 0.6) is 6.01 Å². The van der Waals surface area contributed by atoms with Crippen LogP contribution in [0.25, 0.3) is 0 Å². The molecule has 1 atom stereocenters. The maximum Gasteiger partial charge on any atom is 0.422 e. The lowest BCUT2D eigenvalue weighted by atomic mass is 10.1. The molecule has 1 aliphatic carbocycles. The van der Waals surface area contributed by atoms with Crippen molar-refractivity contribution >= 4 is 52.8 Å². The van der Waals surface area contributed by atoms with E-state index < -0.39 is 53.9 Å². The van der Waals surface area contributed by atoms with Crippen molar-refractivity contribution in [1.82, 2.24) is 35.1 Å². The number of nitrogens with one attached hydrogen (secondary N) is 4. The van der Waals surface area contributed by atoms with E-state index in [4.69, 9.17) is 21.1 Å². The van der Waals surface area contributed by atoms with Crippen molar-refractivity contribution in [2.24, 2.45) is 0 Å². The van der Waals surface area contributed by atoms with Gasteiger partial charge in [-0.2, -0.15) is 28.1 Å². The third-order valence-electron chi connectivity index (χ3n) is 8.37. The Labute approximate surface area is 312 Å². The molecule has 2 aromatic heterocycles. The van der Waals surface area contributed by atoms with Crippen LogP contribution in [0.2, 0.25) is 5.02 Å². The van der Waals surface area contributed by atoms with Crippen molar-refractivity contribution in [2.45, 2.75) is 63.3 Å². The van der Waals surface area contributed by atoms with Crippen molar-refractivity contribution in [3.8, 4) is 6.01 Å². The number of carbonyl (C=O) groups is 4. The maximum atomic E-state index is 13.1. The molecule has 286 valence electrons. The standard InChI is InChI=1S/C35H37ClF3N9O6/c1-21-40-17-19-48(21)18-3-4-27(49)29(51)41-16-13-26(30(52)53-2)43-28(50)22-5-11-25(12-6-22)42-31-44-32(46-33(45-31)54-20-35(37,38)39)47-34(14-15-34)23-7-9-24(36)10-8-23/h5-12,17,19,26H,3-4,13-16,18,20H2,1-2H3,(H,41,51)(H,43,50)(H2,42,44,45,46,47)/t26-/m0/s1. The predicted octanol–water partition coefficient (Wildman–Crippen LogP) is 4.64. The van der Waals surface area contributed by atoms with E-state index in [9.17, 15) is 32.3 Å². The number of alkyl halides is 3. The number of rotatable bonds is 18. The van der Waals surface area contributed by atoms with E-state index >= 15 is 0 Å². The molecule has 1 fully saturated rings. The Morgan fingerprint density at radius 3 is 2.33 bits per heavy atom. The summed E-state index contributed by atoms with van der Waals surface area (Å²) in [5, 5.41) is 11.7. The Balaban J connectivity index is 1.18. The van der Waals surface area contributed by atoms with Crippen LogP contribution in [0.4, 0.5) is 30.8 Å². The number of methoxy groups -OCH3 is 1. The van der Waals surface area contributed by atoms with Gasteiger partial charge >= 0.3 is 18.2 Å². The average Bonchev–Trinajstić information content (AvgIpc) is 3.80. The van der Waals surface area contributed by atoms with Crippen molar-refractivity contribution < 1.29 is 41.8 Å². The number of carbonyl (C=O) groups excluding carboxylic acids is 4. The van der Waals surface area contributed by atoms with E-state index in [-0.39, 0.29) is 36.8 Å². The molecule has 0 saturated heterocycles.